The first-order valence-electron chi connectivity index (χ1n) is 21.8. The third-order valence-corrected chi connectivity index (χ3v) is 11.8. The Morgan fingerprint density at radius 1 is 0.532 bits per heavy atom. The molecule has 4 heterocycles. The Morgan fingerprint density at radius 2 is 0.887 bits per heavy atom. The predicted molar refractivity (Wildman–Crippen MR) is 261 cm³/mol. The maximum Gasteiger partial charge on any atom is 0.129 e. The molecular weight excluding hydrogens is 816 g/mol. The quantitative estimate of drug-likeness (QED) is 0.0793. The molecule has 2 fully saturated rings. The standard InChI is InChI=1S/2C25H31ClN4O/c2*1-25(2,3)29-19-10-12-30(13-11-19)23-15-24(27-16-17-4-6-18(26)7-5-17)28-22-14-20(31)8-9-21(22)23/h2*4-9,14-15,19,29,31H,10-13,16H2,1-3H3,(H,27,28). The highest BCUT2D eigenvalue weighted by Crippen LogP contribution is 2.35. The van der Waals surface area contributed by atoms with Crippen LogP contribution >= 0.6 is 23.2 Å². The van der Waals surface area contributed by atoms with Gasteiger partial charge in [0.25, 0.3) is 0 Å². The molecule has 8 rings (SSSR count). The van der Waals surface area contributed by atoms with Crippen LogP contribution in [0.1, 0.15) is 78.4 Å². The van der Waals surface area contributed by atoms with Gasteiger partial charge in [0.1, 0.15) is 23.1 Å². The summed E-state index contributed by atoms with van der Waals surface area (Å²) in [4.78, 5) is 14.4. The number of hydrogen-bond donors (Lipinski definition) is 6. The number of nitrogens with one attached hydrogen (secondary N) is 4. The molecule has 2 aliphatic rings. The Balaban J connectivity index is 0.000000186. The number of halogens is 2. The van der Waals surface area contributed by atoms with Gasteiger partial charge in [-0.05, 0) is 127 Å². The SMILES string of the molecule is CC(C)(C)NC1CCN(c2cc(NCc3ccc(Cl)cc3)nc3cc(O)ccc23)CC1.CC(C)(C)NC1CCN(c2cc(NCc3ccc(Cl)cc3)nc3cc(O)ccc23)CC1. The van der Waals surface area contributed by atoms with Crippen molar-refractivity contribution in [2.45, 2.75) is 103 Å². The highest BCUT2D eigenvalue weighted by Gasteiger charge is 2.26. The van der Waals surface area contributed by atoms with Crippen LogP contribution in [0.5, 0.6) is 11.5 Å². The van der Waals surface area contributed by atoms with Crippen molar-refractivity contribution in [2.75, 3.05) is 46.6 Å². The van der Waals surface area contributed by atoms with Crippen LogP contribution in [0.15, 0.2) is 97.1 Å². The van der Waals surface area contributed by atoms with Crippen molar-refractivity contribution in [3.05, 3.63) is 118 Å². The molecule has 0 saturated carbocycles. The lowest BCUT2D eigenvalue weighted by molar-refractivity contribution is 0.317. The van der Waals surface area contributed by atoms with E-state index in [1.807, 2.05) is 60.7 Å². The smallest absolute Gasteiger partial charge is 0.129 e. The van der Waals surface area contributed by atoms with Crippen LogP contribution in [-0.2, 0) is 13.1 Å². The zero-order valence-corrected chi connectivity index (χ0v) is 38.4. The summed E-state index contributed by atoms with van der Waals surface area (Å²) in [6.07, 6.45) is 4.42. The fraction of sp³-hybridized carbons (Fsp3) is 0.400. The summed E-state index contributed by atoms with van der Waals surface area (Å²) in [5.74, 6) is 2.07. The summed E-state index contributed by atoms with van der Waals surface area (Å²) in [5.41, 5.74) is 6.46. The number of phenolic OH excluding ortho intramolecular Hbond substituents is 2. The predicted octanol–water partition coefficient (Wildman–Crippen LogP) is 11.1. The van der Waals surface area contributed by atoms with Crippen LogP contribution in [0.2, 0.25) is 10.0 Å². The molecule has 4 aromatic carbocycles. The fourth-order valence-corrected chi connectivity index (χ4v) is 8.70. The monoisotopic (exact) mass is 876 g/mol. The zero-order valence-electron chi connectivity index (χ0n) is 36.9. The second-order valence-electron chi connectivity index (χ2n) is 18.7. The van der Waals surface area contributed by atoms with E-state index >= 15 is 0 Å². The first-order chi connectivity index (χ1) is 29.5. The van der Waals surface area contributed by atoms with Crippen molar-refractivity contribution >= 4 is 68.0 Å². The second-order valence-corrected chi connectivity index (χ2v) is 19.6. The summed E-state index contributed by atoms with van der Waals surface area (Å²) >= 11 is 12.0. The minimum Gasteiger partial charge on any atom is -0.508 e. The van der Waals surface area contributed by atoms with E-state index in [0.29, 0.717) is 25.2 Å². The fourth-order valence-electron chi connectivity index (χ4n) is 8.45. The van der Waals surface area contributed by atoms with Crippen LogP contribution in [0, 0.1) is 0 Å². The highest BCUT2D eigenvalue weighted by molar-refractivity contribution is 6.30. The van der Waals surface area contributed by atoms with E-state index < -0.39 is 0 Å². The molecule has 0 atom stereocenters. The second kappa shape index (κ2) is 19.6. The molecule has 10 nitrogen and oxygen atoms in total. The van der Waals surface area contributed by atoms with Crippen molar-refractivity contribution in [3.63, 3.8) is 0 Å². The summed E-state index contributed by atoms with van der Waals surface area (Å²) in [6, 6.07) is 31.8. The van der Waals surface area contributed by atoms with Gasteiger partial charge in [-0.2, -0.15) is 0 Å². The minimum atomic E-state index is 0.131. The number of aromatic hydroxyl groups is 2. The molecule has 0 amide bonds. The van der Waals surface area contributed by atoms with Gasteiger partial charge in [-0.1, -0.05) is 47.5 Å². The molecule has 2 saturated heterocycles. The number of fused-ring (bicyclic) bond motifs is 2. The highest BCUT2D eigenvalue weighted by atomic mass is 35.5. The summed E-state index contributed by atoms with van der Waals surface area (Å²) < 4.78 is 0. The van der Waals surface area contributed by atoms with E-state index in [0.717, 1.165) is 118 Å². The number of pyridine rings is 2. The molecule has 12 heteroatoms. The van der Waals surface area contributed by atoms with Gasteiger partial charge in [0.2, 0.25) is 0 Å². The molecule has 6 N–H and O–H groups in total. The maximum absolute atomic E-state index is 10.0. The van der Waals surface area contributed by atoms with E-state index in [1.165, 1.54) is 0 Å². The lowest BCUT2D eigenvalue weighted by Crippen LogP contribution is -2.49. The summed E-state index contributed by atoms with van der Waals surface area (Å²) in [5, 5.41) is 37.9. The van der Waals surface area contributed by atoms with E-state index in [-0.39, 0.29) is 22.6 Å². The van der Waals surface area contributed by atoms with Gasteiger partial charge in [0, 0.05) is 119 Å². The van der Waals surface area contributed by atoms with Gasteiger partial charge in [0.05, 0.1) is 11.0 Å². The van der Waals surface area contributed by atoms with E-state index in [2.05, 4.69) is 84.7 Å². The molecule has 0 radical (unpaired) electrons. The maximum atomic E-state index is 10.0. The van der Waals surface area contributed by atoms with Crippen molar-refractivity contribution in [1.82, 2.24) is 20.6 Å². The number of rotatable bonds is 10. The largest absolute Gasteiger partial charge is 0.508 e. The van der Waals surface area contributed by atoms with Gasteiger partial charge in [-0.3, -0.25) is 0 Å². The molecule has 2 aromatic heterocycles. The van der Waals surface area contributed by atoms with Gasteiger partial charge < -0.3 is 41.3 Å². The van der Waals surface area contributed by atoms with Gasteiger partial charge in [-0.15, -0.1) is 0 Å². The van der Waals surface area contributed by atoms with E-state index in [9.17, 15) is 10.2 Å². The van der Waals surface area contributed by atoms with Gasteiger partial charge >= 0.3 is 0 Å². The Morgan fingerprint density at radius 3 is 1.23 bits per heavy atom. The molecule has 2 aliphatic heterocycles. The number of piperidine rings is 2. The average Bonchev–Trinajstić information content (AvgIpc) is 3.22. The topological polar surface area (TPSA) is 121 Å². The average molecular weight is 878 g/mol. The first-order valence-corrected chi connectivity index (χ1v) is 22.6. The molecule has 0 spiro atoms. The molecule has 6 aromatic rings. The zero-order chi connectivity index (χ0) is 44.0. The molecule has 0 unspecified atom stereocenters. The van der Waals surface area contributed by atoms with Crippen LogP contribution < -0.4 is 31.1 Å². The van der Waals surface area contributed by atoms with E-state index in [4.69, 9.17) is 33.2 Å². The normalized spacial score (nSPS) is 15.4. The minimum absolute atomic E-state index is 0.131. The Labute approximate surface area is 377 Å². The number of hydrogen-bond acceptors (Lipinski definition) is 10. The molecule has 0 bridgehead atoms. The third-order valence-electron chi connectivity index (χ3n) is 11.3. The third kappa shape index (κ3) is 12.6. The Kier molecular flexibility index (Phi) is 14.2. The van der Waals surface area contributed by atoms with Crippen molar-refractivity contribution in [2.24, 2.45) is 0 Å². The Bertz CT molecular complexity index is 2250. The lowest BCUT2D eigenvalue weighted by Gasteiger charge is -2.37. The number of aromatic nitrogens is 2. The van der Waals surface area contributed by atoms with Gasteiger partial charge in [0.15, 0.2) is 0 Å². The molecule has 328 valence electrons. The summed E-state index contributed by atoms with van der Waals surface area (Å²) in [6.45, 7) is 18.6. The number of phenols is 2. The molecule has 62 heavy (non-hydrogen) atoms. The van der Waals surface area contributed by atoms with E-state index in [1.54, 1.807) is 24.3 Å². The van der Waals surface area contributed by atoms with Crippen LogP contribution in [0.3, 0.4) is 0 Å². The van der Waals surface area contributed by atoms with Crippen molar-refractivity contribution in [1.29, 1.82) is 0 Å². The lowest BCUT2D eigenvalue weighted by atomic mass is 9.99. The van der Waals surface area contributed by atoms with Crippen molar-refractivity contribution < 1.29 is 10.2 Å². The summed E-state index contributed by atoms with van der Waals surface area (Å²) in [7, 11) is 0. The number of anilines is 4. The first kappa shape index (κ1) is 45.0. The van der Waals surface area contributed by atoms with Crippen molar-refractivity contribution in [3.8, 4) is 11.5 Å². The van der Waals surface area contributed by atoms with Crippen LogP contribution in [0.25, 0.3) is 21.8 Å². The van der Waals surface area contributed by atoms with Crippen LogP contribution in [-0.4, -0.2) is 69.5 Å². The number of benzene rings is 4. The molecular formula is C50H62Cl2N8O2. The van der Waals surface area contributed by atoms with Crippen LogP contribution in [0.4, 0.5) is 23.0 Å². The Hall–Kier alpha value is -5.00. The molecule has 0 aliphatic carbocycles. The number of nitrogens with zero attached hydrogens (tertiary/aromatic N) is 4. The van der Waals surface area contributed by atoms with Gasteiger partial charge in [-0.25, -0.2) is 9.97 Å².